The highest BCUT2D eigenvalue weighted by atomic mass is 35.5. The Hall–Kier alpha value is -2.16. The maximum Gasteiger partial charge on any atom is 0.326 e. The first-order valence-electron chi connectivity index (χ1n) is 7.27. The Bertz CT molecular complexity index is 963. The number of sulfonamides is 1. The summed E-state index contributed by atoms with van der Waals surface area (Å²) in [6, 6.07) is 8.56. The number of methoxy groups -OCH3 is 1. The van der Waals surface area contributed by atoms with Crippen LogP contribution in [0.1, 0.15) is 0 Å². The van der Waals surface area contributed by atoms with Crippen LogP contribution in [0.3, 0.4) is 0 Å². The summed E-state index contributed by atoms with van der Waals surface area (Å²) in [5.74, 6) is 0.0964. The zero-order chi connectivity index (χ0) is 18.9. The van der Waals surface area contributed by atoms with E-state index in [-0.39, 0.29) is 27.4 Å². The summed E-state index contributed by atoms with van der Waals surface area (Å²) in [6.45, 7) is -0.524. The molecule has 0 N–H and O–H groups in total. The lowest BCUT2D eigenvalue weighted by molar-refractivity contribution is -0.138. The summed E-state index contributed by atoms with van der Waals surface area (Å²) in [5.41, 5.74) is 0.190. The van der Waals surface area contributed by atoms with Crippen molar-refractivity contribution in [1.82, 2.24) is 0 Å². The van der Waals surface area contributed by atoms with Crippen molar-refractivity contribution in [3.63, 3.8) is 0 Å². The minimum Gasteiger partial charge on any atom is -0.468 e. The molecule has 0 aromatic heterocycles. The lowest BCUT2D eigenvalue weighted by atomic mass is 10.3. The van der Waals surface area contributed by atoms with Crippen LogP contribution in [-0.4, -0.2) is 34.8 Å². The van der Waals surface area contributed by atoms with Gasteiger partial charge in [-0.3, -0.25) is 9.10 Å². The molecular formula is C16H13Cl2NO6S. The van der Waals surface area contributed by atoms with Gasteiger partial charge in [0.1, 0.15) is 11.4 Å². The van der Waals surface area contributed by atoms with Gasteiger partial charge in [-0.15, -0.1) is 0 Å². The zero-order valence-electron chi connectivity index (χ0n) is 13.4. The highest BCUT2D eigenvalue weighted by molar-refractivity contribution is 7.93. The van der Waals surface area contributed by atoms with Gasteiger partial charge in [-0.1, -0.05) is 23.2 Å². The van der Waals surface area contributed by atoms with Gasteiger partial charge in [-0.05, 0) is 30.3 Å². The van der Waals surface area contributed by atoms with E-state index in [1.165, 1.54) is 37.4 Å². The van der Waals surface area contributed by atoms with Crippen molar-refractivity contribution in [2.45, 2.75) is 4.90 Å². The molecule has 0 bridgehead atoms. The Kier molecular flexibility index (Phi) is 5.17. The number of hydrogen-bond acceptors (Lipinski definition) is 6. The molecule has 7 nitrogen and oxygen atoms in total. The van der Waals surface area contributed by atoms with Crippen LogP contribution in [-0.2, 0) is 19.6 Å². The molecule has 26 heavy (non-hydrogen) atoms. The molecule has 0 amide bonds. The first kappa shape index (κ1) is 18.6. The number of hydrogen-bond donors (Lipinski definition) is 0. The quantitative estimate of drug-likeness (QED) is 0.695. The van der Waals surface area contributed by atoms with Gasteiger partial charge in [0, 0.05) is 11.1 Å². The van der Waals surface area contributed by atoms with Gasteiger partial charge in [0.15, 0.2) is 11.5 Å². The van der Waals surface area contributed by atoms with E-state index in [0.29, 0.717) is 11.5 Å². The van der Waals surface area contributed by atoms with E-state index in [0.717, 1.165) is 4.31 Å². The maximum atomic E-state index is 13.2. The molecular weight excluding hydrogens is 405 g/mol. The topological polar surface area (TPSA) is 82.1 Å². The van der Waals surface area contributed by atoms with Crippen LogP contribution < -0.4 is 13.8 Å². The van der Waals surface area contributed by atoms with E-state index < -0.39 is 22.5 Å². The van der Waals surface area contributed by atoms with Crippen molar-refractivity contribution in [1.29, 1.82) is 0 Å². The lowest BCUT2D eigenvalue weighted by Crippen LogP contribution is -2.36. The number of anilines is 1. The van der Waals surface area contributed by atoms with Gasteiger partial charge in [-0.2, -0.15) is 0 Å². The standard InChI is InChI=1S/C16H13Cl2NO6S/c1-23-16(20)8-19(11-3-5-13-14(7-11)25-9-24-13)26(21,22)15-6-10(17)2-4-12(15)18/h2-7H,8-9H2,1H3. The minimum absolute atomic E-state index is 0.0231. The predicted molar refractivity (Wildman–Crippen MR) is 95.6 cm³/mol. The van der Waals surface area contributed by atoms with E-state index in [1.807, 2.05) is 0 Å². The molecule has 0 radical (unpaired) electrons. The Labute approximate surface area is 160 Å². The average molecular weight is 418 g/mol. The van der Waals surface area contributed by atoms with Gasteiger partial charge in [0.05, 0.1) is 17.8 Å². The lowest BCUT2D eigenvalue weighted by Gasteiger charge is -2.24. The largest absolute Gasteiger partial charge is 0.468 e. The fraction of sp³-hybridized carbons (Fsp3) is 0.188. The fourth-order valence-corrected chi connectivity index (χ4v) is 4.47. The van der Waals surface area contributed by atoms with Crippen molar-refractivity contribution >= 4 is 44.9 Å². The molecule has 10 heteroatoms. The van der Waals surface area contributed by atoms with Crippen LogP contribution in [0.4, 0.5) is 5.69 Å². The molecule has 3 rings (SSSR count). The molecule has 0 spiro atoms. The third-order valence-corrected chi connectivity index (χ3v) is 6.10. The first-order valence-corrected chi connectivity index (χ1v) is 9.47. The number of carbonyl (C=O) groups excluding carboxylic acids is 1. The van der Waals surface area contributed by atoms with Gasteiger partial charge in [0.25, 0.3) is 10.0 Å². The number of rotatable bonds is 5. The number of fused-ring (bicyclic) bond motifs is 1. The second-order valence-corrected chi connectivity index (χ2v) is 7.87. The Morgan fingerprint density at radius 1 is 1.15 bits per heavy atom. The second kappa shape index (κ2) is 7.22. The van der Waals surface area contributed by atoms with Crippen molar-refractivity contribution < 1.29 is 27.4 Å². The number of nitrogens with zero attached hydrogens (tertiary/aromatic N) is 1. The summed E-state index contributed by atoms with van der Waals surface area (Å²) in [7, 11) is -3.04. The molecule has 0 saturated heterocycles. The predicted octanol–water partition coefficient (Wildman–Crippen LogP) is 3.09. The van der Waals surface area contributed by atoms with Crippen LogP contribution in [0.5, 0.6) is 11.5 Å². The molecule has 0 saturated carbocycles. The van der Waals surface area contributed by atoms with Crippen LogP contribution in [0.25, 0.3) is 0 Å². The minimum atomic E-state index is -4.21. The van der Waals surface area contributed by atoms with Gasteiger partial charge < -0.3 is 14.2 Å². The second-order valence-electron chi connectivity index (χ2n) is 5.20. The normalized spacial score (nSPS) is 12.7. The molecule has 0 aliphatic carbocycles. The molecule has 1 heterocycles. The molecule has 0 fully saturated rings. The third kappa shape index (κ3) is 3.53. The van der Waals surface area contributed by atoms with Crippen molar-refractivity contribution in [3.05, 3.63) is 46.4 Å². The summed E-state index contributed by atoms with van der Waals surface area (Å²) in [6.07, 6.45) is 0. The monoisotopic (exact) mass is 417 g/mol. The average Bonchev–Trinajstić information content (AvgIpc) is 3.08. The van der Waals surface area contributed by atoms with Crippen molar-refractivity contribution in [2.75, 3.05) is 24.8 Å². The molecule has 1 aliphatic rings. The van der Waals surface area contributed by atoms with Gasteiger partial charge >= 0.3 is 5.97 Å². The van der Waals surface area contributed by atoms with E-state index in [2.05, 4.69) is 4.74 Å². The Morgan fingerprint density at radius 2 is 1.88 bits per heavy atom. The molecule has 138 valence electrons. The summed E-state index contributed by atoms with van der Waals surface area (Å²) >= 11 is 12.0. The summed E-state index contributed by atoms with van der Waals surface area (Å²) < 4.78 is 42.3. The Morgan fingerprint density at radius 3 is 2.62 bits per heavy atom. The van der Waals surface area contributed by atoms with Crippen LogP contribution >= 0.6 is 23.2 Å². The van der Waals surface area contributed by atoms with Gasteiger partial charge in [-0.25, -0.2) is 8.42 Å². The summed E-state index contributed by atoms with van der Waals surface area (Å²) in [5, 5.41) is 0.168. The molecule has 0 atom stereocenters. The Balaban J connectivity index is 2.11. The van der Waals surface area contributed by atoms with Crippen molar-refractivity contribution in [2.24, 2.45) is 0 Å². The van der Waals surface area contributed by atoms with E-state index in [1.54, 1.807) is 6.07 Å². The SMILES string of the molecule is COC(=O)CN(c1ccc2c(c1)OCO2)S(=O)(=O)c1cc(Cl)ccc1Cl. The molecule has 2 aromatic carbocycles. The van der Waals surface area contributed by atoms with E-state index in [9.17, 15) is 13.2 Å². The maximum absolute atomic E-state index is 13.2. The van der Waals surface area contributed by atoms with E-state index in [4.69, 9.17) is 32.7 Å². The smallest absolute Gasteiger partial charge is 0.326 e. The van der Waals surface area contributed by atoms with Crippen LogP contribution in [0.15, 0.2) is 41.3 Å². The highest BCUT2D eigenvalue weighted by Gasteiger charge is 2.31. The fourth-order valence-electron chi connectivity index (χ4n) is 2.33. The number of halogens is 2. The van der Waals surface area contributed by atoms with Gasteiger partial charge in [0.2, 0.25) is 6.79 Å². The van der Waals surface area contributed by atoms with Crippen LogP contribution in [0.2, 0.25) is 10.0 Å². The molecule has 2 aromatic rings. The summed E-state index contributed by atoms with van der Waals surface area (Å²) in [4.78, 5) is 11.6. The molecule has 1 aliphatic heterocycles. The number of benzene rings is 2. The number of ether oxygens (including phenoxy) is 3. The highest BCUT2D eigenvalue weighted by Crippen LogP contribution is 2.38. The van der Waals surface area contributed by atoms with E-state index >= 15 is 0 Å². The zero-order valence-corrected chi connectivity index (χ0v) is 15.8. The number of carbonyl (C=O) groups is 1. The van der Waals surface area contributed by atoms with Crippen molar-refractivity contribution in [3.8, 4) is 11.5 Å². The third-order valence-electron chi connectivity index (χ3n) is 3.61. The molecule has 0 unspecified atom stereocenters. The van der Waals surface area contributed by atoms with Crippen LogP contribution in [0, 0.1) is 0 Å². The number of esters is 1. The first-order chi connectivity index (χ1) is 12.3.